The standard InChI is InChI=1S/C18H19N3O5/c1-10-9-20(6-7-26-10)11-2-3-12-13(8-11)18(25)21(17(12)24)14-4-5-15(22)19-16(14)23/h2-3,8,10,14H,4-7,9H2,1H3,(H,19,22,23). The minimum absolute atomic E-state index is 0.0920. The Bertz CT molecular complexity index is 821. The maximum Gasteiger partial charge on any atom is 0.262 e. The number of fused-ring (bicyclic) bond motifs is 1. The third-order valence-electron chi connectivity index (χ3n) is 5.03. The first-order valence-corrected chi connectivity index (χ1v) is 8.68. The maximum atomic E-state index is 12.8. The molecule has 3 heterocycles. The van der Waals surface area contributed by atoms with Gasteiger partial charge in [-0.05, 0) is 31.5 Å². The van der Waals surface area contributed by atoms with E-state index in [4.69, 9.17) is 4.74 Å². The Balaban J connectivity index is 1.62. The second-order valence-electron chi connectivity index (χ2n) is 6.80. The SMILES string of the molecule is CC1CN(c2ccc3c(c2)C(=O)N(C2CCC(=O)NC2=O)C3=O)CCO1. The Morgan fingerprint density at radius 1 is 1.12 bits per heavy atom. The lowest BCUT2D eigenvalue weighted by Gasteiger charge is -2.33. The van der Waals surface area contributed by atoms with Crippen molar-refractivity contribution in [1.29, 1.82) is 0 Å². The molecule has 26 heavy (non-hydrogen) atoms. The zero-order valence-corrected chi connectivity index (χ0v) is 14.4. The van der Waals surface area contributed by atoms with E-state index in [9.17, 15) is 19.2 Å². The number of imide groups is 2. The second-order valence-corrected chi connectivity index (χ2v) is 6.80. The lowest BCUT2D eigenvalue weighted by atomic mass is 10.0. The molecule has 136 valence electrons. The molecule has 0 aromatic heterocycles. The average molecular weight is 357 g/mol. The van der Waals surface area contributed by atoms with E-state index in [0.29, 0.717) is 30.8 Å². The van der Waals surface area contributed by atoms with Crippen molar-refractivity contribution in [1.82, 2.24) is 10.2 Å². The van der Waals surface area contributed by atoms with E-state index in [-0.39, 0.29) is 24.9 Å². The first kappa shape index (κ1) is 16.7. The lowest BCUT2D eigenvalue weighted by Crippen LogP contribution is -2.54. The van der Waals surface area contributed by atoms with Crippen LogP contribution in [0.5, 0.6) is 0 Å². The predicted octanol–water partition coefficient (Wildman–Crippen LogP) is 0.313. The van der Waals surface area contributed by atoms with E-state index in [0.717, 1.165) is 10.6 Å². The Hall–Kier alpha value is -2.74. The van der Waals surface area contributed by atoms with Gasteiger partial charge >= 0.3 is 0 Å². The van der Waals surface area contributed by atoms with Crippen molar-refractivity contribution in [2.45, 2.75) is 31.9 Å². The van der Waals surface area contributed by atoms with Crippen LogP contribution < -0.4 is 10.2 Å². The molecule has 0 spiro atoms. The number of amides is 4. The molecule has 2 saturated heterocycles. The van der Waals surface area contributed by atoms with Crippen molar-refractivity contribution in [2.75, 3.05) is 24.6 Å². The van der Waals surface area contributed by atoms with Gasteiger partial charge in [0.1, 0.15) is 6.04 Å². The molecule has 4 amide bonds. The van der Waals surface area contributed by atoms with Gasteiger partial charge in [-0.3, -0.25) is 29.4 Å². The lowest BCUT2D eigenvalue weighted by molar-refractivity contribution is -0.136. The molecule has 8 nitrogen and oxygen atoms in total. The predicted molar refractivity (Wildman–Crippen MR) is 90.7 cm³/mol. The second kappa shape index (κ2) is 6.21. The first-order chi connectivity index (χ1) is 12.5. The minimum Gasteiger partial charge on any atom is -0.375 e. The van der Waals surface area contributed by atoms with Crippen LogP contribution in [0.4, 0.5) is 5.69 Å². The van der Waals surface area contributed by atoms with Gasteiger partial charge in [0.25, 0.3) is 11.8 Å². The van der Waals surface area contributed by atoms with Gasteiger partial charge in [0, 0.05) is 25.2 Å². The highest BCUT2D eigenvalue weighted by molar-refractivity contribution is 6.23. The molecular weight excluding hydrogens is 338 g/mol. The van der Waals surface area contributed by atoms with E-state index < -0.39 is 23.8 Å². The van der Waals surface area contributed by atoms with E-state index in [2.05, 4.69) is 10.2 Å². The molecule has 3 aliphatic heterocycles. The fraction of sp³-hybridized carbons (Fsp3) is 0.444. The topological polar surface area (TPSA) is 96.0 Å². The van der Waals surface area contributed by atoms with Crippen molar-refractivity contribution >= 4 is 29.3 Å². The number of rotatable bonds is 2. The van der Waals surface area contributed by atoms with Gasteiger partial charge in [-0.25, -0.2) is 0 Å². The number of carbonyl (C=O) groups is 4. The number of anilines is 1. The molecule has 1 aromatic rings. The smallest absolute Gasteiger partial charge is 0.262 e. The molecule has 2 atom stereocenters. The van der Waals surface area contributed by atoms with Gasteiger partial charge in [0.15, 0.2) is 0 Å². The van der Waals surface area contributed by atoms with Gasteiger partial charge in [-0.15, -0.1) is 0 Å². The van der Waals surface area contributed by atoms with Crippen molar-refractivity contribution in [2.24, 2.45) is 0 Å². The van der Waals surface area contributed by atoms with Gasteiger partial charge in [0.05, 0.1) is 23.8 Å². The zero-order valence-electron chi connectivity index (χ0n) is 14.4. The third-order valence-corrected chi connectivity index (χ3v) is 5.03. The Labute approximate surface area is 150 Å². The van der Waals surface area contributed by atoms with Crippen molar-refractivity contribution in [3.05, 3.63) is 29.3 Å². The number of hydrogen-bond acceptors (Lipinski definition) is 6. The number of nitrogens with zero attached hydrogens (tertiary/aromatic N) is 2. The van der Waals surface area contributed by atoms with Crippen molar-refractivity contribution in [3.8, 4) is 0 Å². The summed E-state index contributed by atoms with van der Waals surface area (Å²) in [6.07, 6.45) is 0.361. The summed E-state index contributed by atoms with van der Waals surface area (Å²) in [5.74, 6) is -1.95. The van der Waals surface area contributed by atoms with Crippen molar-refractivity contribution < 1.29 is 23.9 Å². The normalized spacial score (nSPS) is 26.2. The summed E-state index contributed by atoms with van der Waals surface area (Å²) in [5, 5.41) is 2.20. The van der Waals surface area contributed by atoms with Crippen LogP contribution in [0.2, 0.25) is 0 Å². The summed E-state index contributed by atoms with van der Waals surface area (Å²) in [6.45, 7) is 4.01. The molecule has 4 rings (SSSR count). The van der Waals surface area contributed by atoms with Crippen LogP contribution in [0.3, 0.4) is 0 Å². The number of carbonyl (C=O) groups excluding carboxylic acids is 4. The van der Waals surface area contributed by atoms with Crippen LogP contribution in [-0.2, 0) is 14.3 Å². The van der Waals surface area contributed by atoms with Gasteiger partial charge < -0.3 is 9.64 Å². The molecule has 0 radical (unpaired) electrons. The maximum absolute atomic E-state index is 12.8. The summed E-state index contributed by atoms with van der Waals surface area (Å²) in [5.41, 5.74) is 1.45. The molecule has 3 aliphatic rings. The van der Waals surface area contributed by atoms with Crippen LogP contribution in [0.15, 0.2) is 18.2 Å². The molecule has 0 aliphatic carbocycles. The largest absolute Gasteiger partial charge is 0.375 e. The molecule has 0 saturated carbocycles. The van der Waals surface area contributed by atoms with E-state index in [1.165, 1.54) is 0 Å². The zero-order chi connectivity index (χ0) is 18.4. The number of piperidine rings is 1. The van der Waals surface area contributed by atoms with Gasteiger partial charge in [-0.1, -0.05) is 0 Å². The van der Waals surface area contributed by atoms with E-state index in [1.807, 2.05) is 13.0 Å². The summed E-state index contributed by atoms with van der Waals surface area (Å²) in [4.78, 5) is 52.0. The summed E-state index contributed by atoms with van der Waals surface area (Å²) >= 11 is 0. The monoisotopic (exact) mass is 357 g/mol. The van der Waals surface area contributed by atoms with Gasteiger partial charge in [0.2, 0.25) is 11.8 Å². The highest BCUT2D eigenvalue weighted by Crippen LogP contribution is 2.31. The molecule has 2 fully saturated rings. The van der Waals surface area contributed by atoms with Crippen LogP contribution in [0, 0.1) is 0 Å². The number of nitrogens with one attached hydrogen (secondary N) is 1. The average Bonchev–Trinajstić information content (AvgIpc) is 2.86. The van der Waals surface area contributed by atoms with E-state index >= 15 is 0 Å². The Morgan fingerprint density at radius 3 is 2.62 bits per heavy atom. The summed E-state index contributed by atoms with van der Waals surface area (Å²) < 4.78 is 5.53. The number of ether oxygens (including phenoxy) is 1. The summed E-state index contributed by atoms with van der Waals surface area (Å²) in [7, 11) is 0. The molecule has 2 unspecified atom stereocenters. The molecular formula is C18H19N3O5. The highest BCUT2D eigenvalue weighted by atomic mass is 16.5. The van der Waals surface area contributed by atoms with E-state index in [1.54, 1.807) is 12.1 Å². The van der Waals surface area contributed by atoms with Crippen LogP contribution in [0.1, 0.15) is 40.5 Å². The highest BCUT2D eigenvalue weighted by Gasteiger charge is 2.44. The number of morpholine rings is 1. The third kappa shape index (κ3) is 2.66. The molecule has 8 heteroatoms. The quantitative estimate of drug-likeness (QED) is 0.766. The Kier molecular flexibility index (Phi) is 3.99. The van der Waals surface area contributed by atoms with Crippen LogP contribution in [-0.4, -0.2) is 60.4 Å². The molecule has 1 aromatic carbocycles. The fourth-order valence-corrected chi connectivity index (χ4v) is 3.71. The molecule has 1 N–H and O–H groups in total. The number of benzene rings is 1. The summed E-state index contributed by atoms with van der Waals surface area (Å²) in [6, 6.07) is 4.22. The minimum atomic E-state index is -0.938. The fourth-order valence-electron chi connectivity index (χ4n) is 3.71. The molecule has 0 bridgehead atoms. The van der Waals surface area contributed by atoms with Crippen molar-refractivity contribution in [3.63, 3.8) is 0 Å². The van der Waals surface area contributed by atoms with Gasteiger partial charge in [-0.2, -0.15) is 0 Å². The Morgan fingerprint density at radius 2 is 1.88 bits per heavy atom. The number of hydrogen-bond donors (Lipinski definition) is 1. The first-order valence-electron chi connectivity index (χ1n) is 8.68. The van der Waals surface area contributed by atoms with Crippen LogP contribution >= 0.6 is 0 Å². The van der Waals surface area contributed by atoms with Crippen LogP contribution in [0.25, 0.3) is 0 Å².